The van der Waals surface area contributed by atoms with Gasteiger partial charge in [-0.2, -0.15) is 0 Å². The van der Waals surface area contributed by atoms with Crippen molar-refractivity contribution >= 4 is 5.78 Å². The number of rotatable bonds is 4. The average Bonchev–Trinajstić information content (AvgIpc) is 3.28. The first-order chi connectivity index (χ1) is 9.27. The van der Waals surface area contributed by atoms with Gasteiger partial charge in [0.15, 0.2) is 5.78 Å². The molecule has 1 aromatic carbocycles. The number of aliphatic hydroxyl groups is 1. The Morgan fingerprint density at radius 2 is 1.84 bits per heavy atom. The quantitative estimate of drug-likeness (QED) is 0.668. The van der Waals surface area contributed by atoms with Crippen LogP contribution in [0.25, 0.3) is 0 Å². The molecule has 1 saturated heterocycles. The van der Waals surface area contributed by atoms with Gasteiger partial charge in [0.25, 0.3) is 0 Å². The topological polar surface area (TPSA) is 49.8 Å². The monoisotopic (exact) mass is 260 g/mol. The van der Waals surface area contributed by atoms with E-state index < -0.39 is 12.2 Å². The summed E-state index contributed by atoms with van der Waals surface area (Å²) < 4.78 is 5.45. The second-order valence-electron chi connectivity index (χ2n) is 5.64. The standard InChI is InChI=1S/C16H20O3/c17-13(11-7-3-1-4-8-11)15-16(19-15)14(18)12-9-5-2-6-10-12/h1,3-4,7-8,12,14-16,18H,2,5-6,9-10H2/t14-,15-,16-/m1/s1. The fourth-order valence-electron chi connectivity index (χ4n) is 3.11. The highest BCUT2D eigenvalue weighted by atomic mass is 16.6. The highest BCUT2D eigenvalue weighted by Gasteiger charge is 2.51. The molecular weight excluding hydrogens is 240 g/mol. The molecule has 1 aromatic rings. The van der Waals surface area contributed by atoms with Crippen LogP contribution in [0.5, 0.6) is 0 Å². The van der Waals surface area contributed by atoms with Gasteiger partial charge >= 0.3 is 0 Å². The van der Waals surface area contributed by atoms with Gasteiger partial charge < -0.3 is 9.84 Å². The van der Waals surface area contributed by atoms with Crippen molar-refractivity contribution in [2.45, 2.75) is 50.4 Å². The van der Waals surface area contributed by atoms with Crippen molar-refractivity contribution in [1.29, 1.82) is 0 Å². The average molecular weight is 260 g/mol. The van der Waals surface area contributed by atoms with Crippen molar-refractivity contribution in [3.8, 4) is 0 Å². The minimum Gasteiger partial charge on any atom is -0.390 e. The molecule has 3 rings (SSSR count). The van der Waals surface area contributed by atoms with Gasteiger partial charge in [-0.1, -0.05) is 49.6 Å². The predicted octanol–water partition coefficient (Wildman–Crippen LogP) is 2.58. The van der Waals surface area contributed by atoms with E-state index in [4.69, 9.17) is 4.74 Å². The van der Waals surface area contributed by atoms with Crippen LogP contribution in [0.15, 0.2) is 30.3 Å². The number of aliphatic hydroxyl groups excluding tert-OH is 1. The van der Waals surface area contributed by atoms with E-state index in [1.54, 1.807) is 12.1 Å². The van der Waals surface area contributed by atoms with Gasteiger partial charge in [-0.25, -0.2) is 0 Å². The van der Waals surface area contributed by atoms with Crippen LogP contribution < -0.4 is 0 Å². The van der Waals surface area contributed by atoms with Gasteiger partial charge in [0, 0.05) is 5.56 Å². The first-order valence-electron chi connectivity index (χ1n) is 7.20. The number of hydrogen-bond acceptors (Lipinski definition) is 3. The summed E-state index contributed by atoms with van der Waals surface area (Å²) in [7, 11) is 0. The lowest BCUT2D eigenvalue weighted by atomic mass is 9.83. The molecule has 1 N–H and O–H groups in total. The summed E-state index contributed by atoms with van der Waals surface area (Å²) in [6.07, 6.45) is 4.58. The molecule has 0 amide bonds. The Morgan fingerprint density at radius 3 is 2.53 bits per heavy atom. The van der Waals surface area contributed by atoms with Crippen LogP contribution in [0.3, 0.4) is 0 Å². The van der Waals surface area contributed by atoms with Crippen LogP contribution in [0, 0.1) is 5.92 Å². The normalized spacial score (nSPS) is 28.9. The number of carbonyl (C=O) groups is 1. The van der Waals surface area contributed by atoms with Crippen LogP contribution in [0.1, 0.15) is 42.5 Å². The molecule has 2 aliphatic rings. The van der Waals surface area contributed by atoms with Crippen LogP contribution in [0.4, 0.5) is 0 Å². The molecule has 0 bridgehead atoms. The van der Waals surface area contributed by atoms with Crippen LogP contribution in [-0.2, 0) is 4.74 Å². The maximum absolute atomic E-state index is 12.2. The highest BCUT2D eigenvalue weighted by Crippen LogP contribution is 2.36. The van der Waals surface area contributed by atoms with E-state index in [1.807, 2.05) is 18.2 Å². The molecule has 3 atom stereocenters. The number of benzene rings is 1. The first-order valence-corrected chi connectivity index (χ1v) is 7.20. The number of hydrogen-bond donors (Lipinski definition) is 1. The van der Waals surface area contributed by atoms with Gasteiger partial charge in [-0.15, -0.1) is 0 Å². The maximum Gasteiger partial charge on any atom is 0.194 e. The van der Waals surface area contributed by atoms with E-state index in [0.717, 1.165) is 12.8 Å². The largest absolute Gasteiger partial charge is 0.390 e. The van der Waals surface area contributed by atoms with E-state index in [-0.39, 0.29) is 11.9 Å². The van der Waals surface area contributed by atoms with E-state index in [2.05, 4.69) is 0 Å². The number of ether oxygens (including phenoxy) is 1. The molecule has 19 heavy (non-hydrogen) atoms. The van der Waals surface area contributed by atoms with Crippen molar-refractivity contribution < 1.29 is 14.6 Å². The third-order valence-corrected chi connectivity index (χ3v) is 4.31. The molecule has 1 saturated carbocycles. The maximum atomic E-state index is 12.2. The van der Waals surface area contributed by atoms with E-state index in [1.165, 1.54) is 19.3 Å². The summed E-state index contributed by atoms with van der Waals surface area (Å²) in [5, 5.41) is 10.3. The third-order valence-electron chi connectivity index (χ3n) is 4.31. The molecule has 1 aliphatic heterocycles. The fraction of sp³-hybridized carbons (Fsp3) is 0.562. The fourth-order valence-corrected chi connectivity index (χ4v) is 3.11. The van der Waals surface area contributed by atoms with Gasteiger partial charge in [0.05, 0.1) is 6.10 Å². The molecule has 0 aromatic heterocycles. The highest BCUT2D eigenvalue weighted by molar-refractivity contribution is 6.01. The Hall–Kier alpha value is -1.19. The zero-order chi connectivity index (χ0) is 13.2. The molecule has 0 spiro atoms. The first kappa shape index (κ1) is 12.8. The SMILES string of the molecule is O=C(c1ccccc1)[C@H]1O[C@@H]1[C@H](O)C1CCCCC1. The molecule has 102 valence electrons. The molecule has 1 heterocycles. The van der Waals surface area contributed by atoms with Crippen molar-refractivity contribution in [1.82, 2.24) is 0 Å². The second kappa shape index (κ2) is 5.43. The summed E-state index contributed by atoms with van der Waals surface area (Å²) in [5.74, 6) is 0.313. The molecule has 3 nitrogen and oxygen atoms in total. The Labute approximate surface area is 113 Å². The number of ketones is 1. The summed E-state index contributed by atoms with van der Waals surface area (Å²) in [6.45, 7) is 0. The zero-order valence-corrected chi connectivity index (χ0v) is 11.0. The van der Waals surface area contributed by atoms with Crippen molar-refractivity contribution in [2.75, 3.05) is 0 Å². The summed E-state index contributed by atoms with van der Waals surface area (Å²) >= 11 is 0. The lowest BCUT2D eigenvalue weighted by Crippen LogP contribution is -2.30. The lowest BCUT2D eigenvalue weighted by molar-refractivity contribution is 0.0585. The molecule has 0 radical (unpaired) electrons. The smallest absolute Gasteiger partial charge is 0.194 e. The summed E-state index contributed by atoms with van der Waals surface area (Å²) in [4.78, 5) is 12.2. The Balaban J connectivity index is 1.59. The molecule has 3 heteroatoms. The molecular formula is C16H20O3. The number of Topliss-reactive ketones (excluding diaryl/α,β-unsaturated/α-hetero) is 1. The Morgan fingerprint density at radius 1 is 1.16 bits per heavy atom. The van der Waals surface area contributed by atoms with Crippen LogP contribution >= 0.6 is 0 Å². The lowest BCUT2D eigenvalue weighted by Gasteiger charge is -2.25. The molecule has 2 fully saturated rings. The predicted molar refractivity (Wildman–Crippen MR) is 72.0 cm³/mol. The van der Waals surface area contributed by atoms with Crippen LogP contribution in [-0.4, -0.2) is 29.2 Å². The summed E-state index contributed by atoms with van der Waals surface area (Å²) in [6, 6.07) is 9.19. The van der Waals surface area contributed by atoms with Crippen molar-refractivity contribution in [3.63, 3.8) is 0 Å². The van der Waals surface area contributed by atoms with Gasteiger partial charge in [-0.3, -0.25) is 4.79 Å². The second-order valence-corrected chi connectivity index (χ2v) is 5.64. The molecule has 1 aliphatic carbocycles. The Kier molecular flexibility index (Phi) is 3.67. The van der Waals surface area contributed by atoms with Gasteiger partial charge in [0.1, 0.15) is 12.2 Å². The third kappa shape index (κ3) is 2.72. The zero-order valence-electron chi connectivity index (χ0n) is 11.0. The van der Waals surface area contributed by atoms with E-state index in [9.17, 15) is 9.90 Å². The van der Waals surface area contributed by atoms with Crippen molar-refractivity contribution in [2.24, 2.45) is 5.92 Å². The summed E-state index contributed by atoms with van der Waals surface area (Å²) in [5.41, 5.74) is 0.672. The Bertz CT molecular complexity index is 437. The number of carbonyl (C=O) groups excluding carboxylic acids is 1. The van der Waals surface area contributed by atoms with Crippen LogP contribution in [0.2, 0.25) is 0 Å². The number of epoxide rings is 1. The van der Waals surface area contributed by atoms with E-state index >= 15 is 0 Å². The van der Waals surface area contributed by atoms with E-state index in [0.29, 0.717) is 11.5 Å². The van der Waals surface area contributed by atoms with Gasteiger partial charge in [-0.05, 0) is 18.8 Å². The minimum atomic E-state index is -0.474. The minimum absolute atomic E-state index is 0.000425. The van der Waals surface area contributed by atoms with Gasteiger partial charge in [0.2, 0.25) is 0 Å². The van der Waals surface area contributed by atoms with Crippen molar-refractivity contribution in [3.05, 3.63) is 35.9 Å². The molecule has 0 unspecified atom stereocenters.